The number of ketones is 1. The summed E-state index contributed by atoms with van der Waals surface area (Å²) in [6.45, 7) is 1.92. The zero-order valence-corrected chi connectivity index (χ0v) is 12.1. The van der Waals surface area contributed by atoms with Gasteiger partial charge in [0.1, 0.15) is 5.57 Å². The standard InChI is InChI=1S/C16H13ClN2O2/c1-9-6-7-19-12(8-9)13-14(20)15(21-16(13)18)10-4-2-3-5-11(10)17/h2-8,15H,18H2,1H3. The highest BCUT2D eigenvalue weighted by molar-refractivity contribution is 6.32. The molecule has 0 saturated carbocycles. The molecule has 1 aliphatic rings. The summed E-state index contributed by atoms with van der Waals surface area (Å²) in [6.07, 6.45) is 0.831. The summed E-state index contributed by atoms with van der Waals surface area (Å²) in [5.41, 5.74) is 8.31. The maximum absolute atomic E-state index is 12.6. The van der Waals surface area contributed by atoms with E-state index in [1.54, 1.807) is 36.5 Å². The third-order valence-electron chi connectivity index (χ3n) is 3.34. The molecular weight excluding hydrogens is 288 g/mol. The van der Waals surface area contributed by atoms with Crippen LogP contribution in [0.4, 0.5) is 0 Å². The average molecular weight is 301 g/mol. The number of benzene rings is 1. The second-order valence-corrected chi connectivity index (χ2v) is 5.25. The molecule has 2 N–H and O–H groups in total. The van der Waals surface area contributed by atoms with Crippen LogP contribution in [0.1, 0.15) is 22.9 Å². The van der Waals surface area contributed by atoms with Crippen molar-refractivity contribution in [3.05, 3.63) is 70.3 Å². The molecule has 1 aromatic heterocycles. The topological polar surface area (TPSA) is 65.2 Å². The molecule has 4 nitrogen and oxygen atoms in total. The summed E-state index contributed by atoms with van der Waals surface area (Å²) in [4.78, 5) is 16.8. The van der Waals surface area contributed by atoms with E-state index in [4.69, 9.17) is 22.1 Å². The van der Waals surface area contributed by atoms with Crippen LogP contribution < -0.4 is 5.73 Å². The van der Waals surface area contributed by atoms with Gasteiger partial charge in [-0.1, -0.05) is 29.8 Å². The molecule has 21 heavy (non-hydrogen) atoms. The van der Waals surface area contributed by atoms with Crippen molar-refractivity contribution in [1.82, 2.24) is 4.98 Å². The number of hydrogen-bond acceptors (Lipinski definition) is 4. The minimum atomic E-state index is -0.809. The average Bonchev–Trinajstić information content (AvgIpc) is 2.74. The number of aryl methyl sites for hydroxylation is 1. The summed E-state index contributed by atoms with van der Waals surface area (Å²) in [7, 11) is 0. The van der Waals surface area contributed by atoms with E-state index in [1.807, 2.05) is 13.0 Å². The van der Waals surface area contributed by atoms with Gasteiger partial charge in [0.25, 0.3) is 0 Å². The Hall–Kier alpha value is -2.33. The highest BCUT2D eigenvalue weighted by Gasteiger charge is 2.37. The van der Waals surface area contributed by atoms with Gasteiger partial charge < -0.3 is 10.5 Å². The van der Waals surface area contributed by atoms with Crippen molar-refractivity contribution in [1.29, 1.82) is 0 Å². The highest BCUT2D eigenvalue weighted by atomic mass is 35.5. The van der Waals surface area contributed by atoms with Gasteiger partial charge in [-0.15, -0.1) is 0 Å². The minimum Gasteiger partial charge on any atom is -0.462 e. The first-order valence-corrected chi connectivity index (χ1v) is 6.84. The van der Waals surface area contributed by atoms with E-state index in [2.05, 4.69) is 4.98 Å². The predicted octanol–water partition coefficient (Wildman–Crippen LogP) is 3.01. The van der Waals surface area contributed by atoms with E-state index in [9.17, 15) is 4.79 Å². The van der Waals surface area contributed by atoms with Crippen LogP contribution in [0, 0.1) is 6.92 Å². The van der Waals surface area contributed by atoms with E-state index < -0.39 is 6.10 Å². The molecule has 0 fully saturated rings. The molecule has 2 heterocycles. The molecular formula is C16H13ClN2O2. The Morgan fingerprint density at radius 3 is 2.76 bits per heavy atom. The van der Waals surface area contributed by atoms with Gasteiger partial charge in [-0.3, -0.25) is 9.78 Å². The fraction of sp³-hybridized carbons (Fsp3) is 0.125. The fourth-order valence-corrected chi connectivity index (χ4v) is 2.54. The van der Waals surface area contributed by atoms with Crippen LogP contribution in [-0.4, -0.2) is 10.8 Å². The van der Waals surface area contributed by atoms with Gasteiger partial charge in [0.15, 0.2) is 12.0 Å². The van der Waals surface area contributed by atoms with Gasteiger partial charge in [0, 0.05) is 16.8 Å². The van der Waals surface area contributed by atoms with Gasteiger partial charge in [0.05, 0.1) is 5.69 Å². The lowest BCUT2D eigenvalue weighted by Gasteiger charge is -2.11. The van der Waals surface area contributed by atoms with Crippen LogP contribution in [0.25, 0.3) is 5.57 Å². The number of ether oxygens (including phenoxy) is 1. The number of aromatic nitrogens is 1. The number of hydrogen-bond donors (Lipinski definition) is 1. The molecule has 0 spiro atoms. The maximum Gasteiger partial charge on any atom is 0.215 e. The molecule has 0 radical (unpaired) electrons. The molecule has 1 atom stereocenters. The lowest BCUT2D eigenvalue weighted by Crippen LogP contribution is -2.10. The van der Waals surface area contributed by atoms with Crippen molar-refractivity contribution in [2.24, 2.45) is 5.73 Å². The lowest BCUT2D eigenvalue weighted by atomic mass is 9.99. The van der Waals surface area contributed by atoms with Crippen LogP contribution in [0.5, 0.6) is 0 Å². The monoisotopic (exact) mass is 300 g/mol. The number of nitrogens with two attached hydrogens (primary N) is 1. The van der Waals surface area contributed by atoms with Crippen molar-refractivity contribution in [2.75, 3.05) is 0 Å². The Labute approximate surface area is 127 Å². The SMILES string of the molecule is Cc1ccnc(C2=C(N)OC(c3ccccc3Cl)C2=O)c1. The van der Waals surface area contributed by atoms with Gasteiger partial charge in [-0.25, -0.2) is 0 Å². The lowest BCUT2D eigenvalue weighted by molar-refractivity contribution is -0.120. The summed E-state index contributed by atoms with van der Waals surface area (Å²) in [6, 6.07) is 10.7. The Balaban J connectivity index is 2.00. The van der Waals surface area contributed by atoms with E-state index in [0.717, 1.165) is 5.56 Å². The van der Waals surface area contributed by atoms with Crippen LogP contribution in [0.2, 0.25) is 5.02 Å². The molecule has 1 aromatic carbocycles. The first-order valence-electron chi connectivity index (χ1n) is 6.46. The Kier molecular flexibility index (Phi) is 3.39. The van der Waals surface area contributed by atoms with Crippen LogP contribution in [0.3, 0.4) is 0 Å². The molecule has 1 unspecified atom stereocenters. The van der Waals surface area contributed by atoms with Crippen molar-refractivity contribution in [3.63, 3.8) is 0 Å². The highest BCUT2D eigenvalue weighted by Crippen LogP contribution is 2.37. The molecule has 0 bridgehead atoms. The van der Waals surface area contributed by atoms with Crippen molar-refractivity contribution in [2.45, 2.75) is 13.0 Å². The summed E-state index contributed by atoms with van der Waals surface area (Å²) in [5.74, 6) is -0.137. The van der Waals surface area contributed by atoms with Gasteiger partial charge >= 0.3 is 0 Å². The Bertz CT molecular complexity index is 755. The molecule has 0 aliphatic carbocycles. The smallest absolute Gasteiger partial charge is 0.215 e. The largest absolute Gasteiger partial charge is 0.462 e. The number of Topliss-reactive ketones (excluding diaryl/α,β-unsaturated/α-hetero) is 1. The van der Waals surface area contributed by atoms with Crippen LogP contribution in [-0.2, 0) is 9.53 Å². The summed E-state index contributed by atoms with van der Waals surface area (Å²) >= 11 is 6.13. The van der Waals surface area contributed by atoms with Crippen molar-refractivity contribution in [3.8, 4) is 0 Å². The van der Waals surface area contributed by atoms with E-state index in [0.29, 0.717) is 21.9 Å². The van der Waals surface area contributed by atoms with Crippen molar-refractivity contribution < 1.29 is 9.53 Å². The third-order valence-corrected chi connectivity index (χ3v) is 3.68. The molecule has 1 aliphatic heterocycles. The van der Waals surface area contributed by atoms with Gasteiger partial charge in [-0.2, -0.15) is 0 Å². The minimum absolute atomic E-state index is 0.0861. The predicted molar refractivity (Wildman–Crippen MR) is 80.4 cm³/mol. The zero-order chi connectivity index (χ0) is 15.0. The molecule has 0 saturated heterocycles. The van der Waals surface area contributed by atoms with Crippen LogP contribution >= 0.6 is 11.6 Å². The second kappa shape index (κ2) is 5.22. The summed E-state index contributed by atoms with van der Waals surface area (Å²) < 4.78 is 5.53. The number of carbonyl (C=O) groups is 1. The van der Waals surface area contributed by atoms with Gasteiger partial charge in [0.2, 0.25) is 5.78 Å². The second-order valence-electron chi connectivity index (χ2n) is 4.84. The number of halogens is 1. The molecule has 106 valence electrons. The Morgan fingerprint density at radius 1 is 1.29 bits per heavy atom. The quantitative estimate of drug-likeness (QED) is 0.926. The maximum atomic E-state index is 12.6. The Morgan fingerprint density at radius 2 is 2.05 bits per heavy atom. The van der Waals surface area contributed by atoms with E-state index >= 15 is 0 Å². The number of pyridine rings is 1. The normalized spacial score (nSPS) is 18.0. The number of rotatable bonds is 2. The van der Waals surface area contributed by atoms with Crippen LogP contribution in [0.15, 0.2) is 48.5 Å². The number of carbonyl (C=O) groups excluding carboxylic acids is 1. The summed E-state index contributed by atoms with van der Waals surface area (Å²) in [5, 5.41) is 0.474. The number of nitrogens with zero attached hydrogens (tertiary/aromatic N) is 1. The molecule has 3 rings (SSSR count). The third kappa shape index (κ3) is 2.38. The first kappa shape index (κ1) is 13.6. The fourth-order valence-electron chi connectivity index (χ4n) is 2.31. The van der Waals surface area contributed by atoms with E-state index in [1.165, 1.54) is 0 Å². The van der Waals surface area contributed by atoms with Crippen molar-refractivity contribution >= 4 is 23.0 Å². The first-order chi connectivity index (χ1) is 10.1. The zero-order valence-electron chi connectivity index (χ0n) is 11.3. The molecule has 0 amide bonds. The van der Waals surface area contributed by atoms with E-state index in [-0.39, 0.29) is 11.7 Å². The molecule has 5 heteroatoms. The van der Waals surface area contributed by atoms with Gasteiger partial charge in [-0.05, 0) is 30.7 Å². The molecule has 2 aromatic rings.